The highest BCUT2D eigenvalue weighted by Crippen LogP contribution is 2.65. The summed E-state index contributed by atoms with van der Waals surface area (Å²) in [4.78, 5) is 40.1. The van der Waals surface area contributed by atoms with Crippen molar-refractivity contribution in [2.45, 2.75) is 6.42 Å². The summed E-state index contributed by atoms with van der Waals surface area (Å²) in [6.07, 6.45) is 6.77. The summed E-state index contributed by atoms with van der Waals surface area (Å²) in [6.45, 7) is 0. The number of rotatable bonds is 3. The maximum absolute atomic E-state index is 13.3. The SMILES string of the molecule is O=C(Oc1ccccc1N1C(=O)[C@@H]2[C@H]3C=C[C@@H]([C@@H]4C[C@H]34)[C@@H]2C1=O)c1ccco1. The van der Waals surface area contributed by atoms with Crippen LogP contribution in [0.3, 0.4) is 0 Å². The predicted molar refractivity (Wildman–Crippen MR) is 97.3 cm³/mol. The van der Waals surface area contributed by atoms with Crippen molar-refractivity contribution >= 4 is 23.5 Å². The number of benzene rings is 1. The van der Waals surface area contributed by atoms with E-state index >= 15 is 0 Å². The molecule has 5 aliphatic rings. The number of imide groups is 1. The van der Waals surface area contributed by atoms with Crippen LogP contribution in [-0.4, -0.2) is 17.8 Å². The molecule has 3 fully saturated rings. The Hall–Kier alpha value is -3.15. The molecule has 140 valence electrons. The van der Waals surface area contributed by atoms with Gasteiger partial charge in [-0.2, -0.15) is 0 Å². The van der Waals surface area contributed by atoms with Crippen LogP contribution in [0.25, 0.3) is 0 Å². The van der Waals surface area contributed by atoms with Gasteiger partial charge in [-0.15, -0.1) is 0 Å². The first-order chi connectivity index (χ1) is 13.6. The van der Waals surface area contributed by atoms with Crippen LogP contribution in [0.1, 0.15) is 17.0 Å². The molecular weight excluding hydrogens is 358 g/mol. The second kappa shape index (κ2) is 5.44. The number of ether oxygens (including phenoxy) is 1. The minimum atomic E-state index is -0.669. The Balaban J connectivity index is 1.36. The van der Waals surface area contributed by atoms with E-state index in [1.165, 1.54) is 17.2 Å². The van der Waals surface area contributed by atoms with E-state index in [0.717, 1.165) is 6.42 Å². The third-order valence-electron chi connectivity index (χ3n) is 6.69. The summed E-state index contributed by atoms with van der Waals surface area (Å²) in [5.74, 6) is 0.0117. The van der Waals surface area contributed by atoms with E-state index in [4.69, 9.17) is 9.15 Å². The van der Waals surface area contributed by atoms with E-state index < -0.39 is 5.97 Å². The number of furan rings is 1. The molecule has 6 heteroatoms. The first kappa shape index (κ1) is 15.9. The quantitative estimate of drug-likeness (QED) is 0.357. The average molecular weight is 375 g/mol. The number of nitrogens with zero attached hydrogens (tertiary/aromatic N) is 1. The molecule has 1 aromatic carbocycles. The molecule has 6 nitrogen and oxygen atoms in total. The van der Waals surface area contributed by atoms with Gasteiger partial charge >= 0.3 is 5.97 Å². The van der Waals surface area contributed by atoms with E-state index in [1.54, 1.807) is 30.3 Å². The Labute approximate surface area is 160 Å². The summed E-state index contributed by atoms with van der Waals surface area (Å²) in [7, 11) is 0. The summed E-state index contributed by atoms with van der Waals surface area (Å²) in [5, 5.41) is 0. The van der Waals surface area contributed by atoms with Gasteiger partial charge in [0.25, 0.3) is 0 Å². The van der Waals surface area contributed by atoms with Crippen LogP contribution in [-0.2, 0) is 9.59 Å². The first-order valence-electron chi connectivity index (χ1n) is 9.56. The van der Waals surface area contributed by atoms with Gasteiger partial charge in [0.2, 0.25) is 17.6 Å². The largest absolute Gasteiger partial charge is 0.457 e. The van der Waals surface area contributed by atoms with Crippen LogP contribution < -0.4 is 9.64 Å². The minimum absolute atomic E-state index is 0.0601. The molecule has 1 aliphatic heterocycles. The number of allylic oxidation sites excluding steroid dienone is 2. The number of carbonyl (C=O) groups is 3. The number of carbonyl (C=O) groups excluding carboxylic acids is 3. The second-order valence-electron chi connectivity index (χ2n) is 8.00. The van der Waals surface area contributed by atoms with Crippen molar-refractivity contribution in [1.82, 2.24) is 0 Å². The lowest BCUT2D eigenvalue weighted by molar-refractivity contribution is -0.124. The van der Waals surface area contributed by atoms with Crippen LogP contribution in [0.5, 0.6) is 5.75 Å². The Bertz CT molecular complexity index is 1000. The van der Waals surface area contributed by atoms with Crippen molar-refractivity contribution in [1.29, 1.82) is 0 Å². The molecule has 6 atom stereocenters. The highest BCUT2D eigenvalue weighted by Gasteiger charge is 2.67. The fourth-order valence-electron chi connectivity index (χ4n) is 5.47. The van der Waals surface area contributed by atoms with Crippen LogP contribution in [0, 0.1) is 35.5 Å². The van der Waals surface area contributed by atoms with Crippen LogP contribution in [0.4, 0.5) is 5.69 Å². The van der Waals surface area contributed by atoms with Gasteiger partial charge in [-0.3, -0.25) is 9.59 Å². The molecule has 0 spiro atoms. The second-order valence-corrected chi connectivity index (χ2v) is 8.00. The lowest BCUT2D eigenvalue weighted by atomic mass is 9.63. The lowest BCUT2D eigenvalue weighted by Crippen LogP contribution is -2.40. The number of para-hydroxylation sites is 2. The first-order valence-corrected chi connectivity index (χ1v) is 9.56. The van der Waals surface area contributed by atoms with Gasteiger partial charge in [0.1, 0.15) is 0 Å². The zero-order chi connectivity index (χ0) is 19.0. The monoisotopic (exact) mass is 375 g/mol. The van der Waals surface area contributed by atoms with Gasteiger partial charge in [0.05, 0.1) is 23.8 Å². The summed E-state index contributed by atoms with van der Waals surface area (Å²) >= 11 is 0. The molecule has 7 rings (SSSR count). The molecule has 1 aromatic heterocycles. The van der Waals surface area contributed by atoms with E-state index in [2.05, 4.69) is 12.2 Å². The third-order valence-corrected chi connectivity index (χ3v) is 6.69. The van der Waals surface area contributed by atoms with E-state index in [-0.39, 0.29) is 47.0 Å². The molecular formula is C22H17NO5. The average Bonchev–Trinajstić information content (AvgIpc) is 3.27. The fourth-order valence-corrected chi connectivity index (χ4v) is 5.47. The van der Waals surface area contributed by atoms with Crippen LogP contribution in [0.15, 0.2) is 59.2 Å². The zero-order valence-electron chi connectivity index (χ0n) is 14.9. The molecule has 2 amide bonds. The molecule has 0 radical (unpaired) electrons. The Morgan fingerprint density at radius 3 is 2.29 bits per heavy atom. The molecule has 1 saturated heterocycles. The van der Waals surface area contributed by atoms with Gasteiger partial charge in [-0.1, -0.05) is 24.3 Å². The van der Waals surface area contributed by atoms with Crippen molar-refractivity contribution in [3.05, 3.63) is 60.6 Å². The lowest BCUT2D eigenvalue weighted by Gasteiger charge is -2.37. The van der Waals surface area contributed by atoms with Gasteiger partial charge < -0.3 is 9.15 Å². The Morgan fingerprint density at radius 2 is 1.64 bits per heavy atom. The highest BCUT2D eigenvalue weighted by atomic mass is 16.5. The molecule has 2 heterocycles. The Kier molecular flexibility index (Phi) is 3.08. The molecule has 4 aliphatic carbocycles. The normalized spacial score (nSPS) is 34.4. The summed E-state index contributed by atoms with van der Waals surface area (Å²) < 4.78 is 10.5. The topological polar surface area (TPSA) is 76.8 Å². The van der Waals surface area contributed by atoms with Crippen molar-refractivity contribution in [3.63, 3.8) is 0 Å². The maximum Gasteiger partial charge on any atom is 0.379 e. The molecule has 2 bridgehead atoms. The standard InChI is InChI=1S/C22H17NO5/c24-20-18-11-7-8-12(14-10-13(11)14)19(18)21(25)23(20)15-4-1-2-5-16(15)28-22(26)17-6-3-9-27-17/h1-9,11-14,18-19H,10H2/t11-,12-,13-,14+,18-,19+/m0/s1. The zero-order valence-corrected chi connectivity index (χ0v) is 14.9. The molecule has 2 saturated carbocycles. The van der Waals surface area contributed by atoms with E-state index in [1.807, 2.05) is 0 Å². The van der Waals surface area contributed by atoms with Crippen molar-refractivity contribution in [2.75, 3.05) is 4.90 Å². The van der Waals surface area contributed by atoms with Crippen LogP contribution in [0.2, 0.25) is 0 Å². The van der Waals surface area contributed by atoms with Crippen molar-refractivity contribution in [2.24, 2.45) is 35.5 Å². The smallest absolute Gasteiger partial charge is 0.379 e. The molecule has 2 aromatic rings. The van der Waals surface area contributed by atoms with E-state index in [0.29, 0.717) is 17.5 Å². The van der Waals surface area contributed by atoms with E-state index in [9.17, 15) is 14.4 Å². The predicted octanol–water partition coefficient (Wildman–Crippen LogP) is 3.06. The Morgan fingerprint density at radius 1 is 0.964 bits per heavy atom. The minimum Gasteiger partial charge on any atom is -0.457 e. The highest BCUT2D eigenvalue weighted by molar-refractivity contribution is 6.23. The van der Waals surface area contributed by atoms with Gasteiger partial charge in [-0.05, 0) is 54.4 Å². The summed E-state index contributed by atoms with van der Waals surface area (Å²) in [5.41, 5.74) is 0.319. The summed E-state index contributed by atoms with van der Waals surface area (Å²) in [6, 6.07) is 9.76. The van der Waals surface area contributed by atoms with Gasteiger partial charge in [0, 0.05) is 0 Å². The molecule has 28 heavy (non-hydrogen) atoms. The number of anilines is 1. The third kappa shape index (κ3) is 2.00. The number of hydrogen-bond acceptors (Lipinski definition) is 5. The fraction of sp³-hybridized carbons (Fsp3) is 0.318. The maximum atomic E-state index is 13.3. The van der Waals surface area contributed by atoms with Gasteiger partial charge in [-0.25, -0.2) is 9.69 Å². The van der Waals surface area contributed by atoms with Crippen molar-refractivity contribution < 1.29 is 23.5 Å². The van der Waals surface area contributed by atoms with Gasteiger partial charge in [0.15, 0.2) is 5.75 Å². The number of esters is 1. The number of amides is 2. The molecule has 0 unspecified atom stereocenters. The molecule has 0 N–H and O–H groups in total. The number of hydrogen-bond donors (Lipinski definition) is 0. The van der Waals surface area contributed by atoms with Crippen LogP contribution >= 0.6 is 0 Å². The van der Waals surface area contributed by atoms with Crippen molar-refractivity contribution in [3.8, 4) is 5.75 Å².